The van der Waals surface area contributed by atoms with E-state index >= 15 is 0 Å². The molecule has 0 bridgehead atoms. The number of nitrogens with zero attached hydrogens (tertiary/aromatic N) is 1. The Morgan fingerprint density at radius 3 is 2.42 bits per heavy atom. The first-order chi connectivity index (χ1) is 16.7. The Morgan fingerprint density at radius 2 is 1.89 bits per heavy atom. The summed E-state index contributed by atoms with van der Waals surface area (Å²) < 4.78 is 41.2. The zero-order valence-electron chi connectivity index (χ0n) is 20.2. The van der Waals surface area contributed by atoms with E-state index in [1.54, 1.807) is 6.92 Å². The summed E-state index contributed by atoms with van der Waals surface area (Å²) in [7, 11) is 0. The fraction of sp³-hybridized carbons (Fsp3) is 0.773. The van der Waals surface area contributed by atoms with Crippen molar-refractivity contribution in [2.75, 3.05) is 19.7 Å². The van der Waals surface area contributed by atoms with Gasteiger partial charge in [-0.05, 0) is 36.5 Å². The number of amides is 4. The minimum absolute atomic E-state index is 0.0390. The fourth-order valence-corrected chi connectivity index (χ4v) is 5.44. The number of likely N-dealkylation sites (tertiary alicyclic amines) is 1. The molecule has 3 fully saturated rings. The molecule has 3 aliphatic rings. The summed E-state index contributed by atoms with van der Waals surface area (Å²) >= 11 is 0. The molecule has 36 heavy (non-hydrogen) atoms. The molecule has 202 valence electrons. The summed E-state index contributed by atoms with van der Waals surface area (Å²) in [5.74, 6) is -3.76. The average Bonchev–Trinajstić information content (AvgIpc) is 3.13. The van der Waals surface area contributed by atoms with Crippen LogP contribution in [0.5, 0.6) is 0 Å². The van der Waals surface area contributed by atoms with E-state index in [0.717, 1.165) is 0 Å². The Balaban J connectivity index is 1.80. The number of carbonyl (C=O) groups excluding carboxylic acids is 4. The maximum absolute atomic E-state index is 13.4. The van der Waals surface area contributed by atoms with E-state index in [4.69, 9.17) is 5.11 Å². The molecule has 0 spiro atoms. The summed E-state index contributed by atoms with van der Waals surface area (Å²) in [5, 5.41) is 16.2. The summed E-state index contributed by atoms with van der Waals surface area (Å²) in [4.78, 5) is 63.6. The average molecular weight is 521 g/mol. The van der Waals surface area contributed by atoms with Gasteiger partial charge in [0.05, 0.1) is 6.04 Å². The van der Waals surface area contributed by atoms with Crippen LogP contribution in [0, 0.1) is 23.2 Å². The minimum Gasteiger partial charge on any atom is -0.465 e. The minimum atomic E-state index is -5.05. The van der Waals surface area contributed by atoms with Gasteiger partial charge in [0.2, 0.25) is 17.7 Å². The number of carboxylic acid groups (broad SMARTS) is 1. The van der Waals surface area contributed by atoms with Crippen LogP contribution in [0.4, 0.5) is 18.0 Å². The van der Waals surface area contributed by atoms with Crippen LogP contribution < -0.4 is 16.0 Å². The smallest absolute Gasteiger partial charge is 0.465 e. The van der Waals surface area contributed by atoms with Crippen molar-refractivity contribution in [3.63, 3.8) is 0 Å². The van der Waals surface area contributed by atoms with E-state index in [0.29, 0.717) is 13.0 Å². The van der Waals surface area contributed by atoms with Crippen molar-refractivity contribution < 1.29 is 47.0 Å². The molecule has 2 aliphatic heterocycles. The van der Waals surface area contributed by atoms with E-state index in [-0.39, 0.29) is 42.5 Å². The Labute approximate surface area is 205 Å². The highest BCUT2D eigenvalue weighted by atomic mass is 19.4. The first-order valence-electron chi connectivity index (χ1n) is 11.8. The second kappa shape index (κ2) is 10.2. The SMILES string of the molecule is CCC(NC(=O)O)C(=O)N1C[C@H]2[C@@H]([C@H]1C(=O)NC(C[C@@H]1CCNC1=O)C(=O)COC(F)(F)F)C2(C)C. The van der Waals surface area contributed by atoms with Crippen molar-refractivity contribution in [1.29, 1.82) is 0 Å². The number of nitrogens with one attached hydrogen (secondary N) is 3. The number of ketones is 1. The second-order valence-corrected chi connectivity index (χ2v) is 10.1. The Morgan fingerprint density at radius 1 is 1.22 bits per heavy atom. The van der Waals surface area contributed by atoms with Crippen molar-refractivity contribution >= 4 is 29.6 Å². The van der Waals surface area contributed by atoms with Crippen LogP contribution in [0.3, 0.4) is 0 Å². The van der Waals surface area contributed by atoms with Crippen LogP contribution >= 0.6 is 0 Å². The standard InChI is InChI=1S/C22H31F3N4O7/c1-4-12(28-20(34)35)19(33)29-8-11-15(21(11,2)3)16(29)18(32)27-13(7-10-5-6-26-17(10)31)14(30)9-36-22(23,24)25/h10-13,15-16,28H,4-9H2,1-3H3,(H,26,31)(H,27,32)(H,34,35)/t10-,11-,12?,13?,15-,16-/m0/s1. The molecule has 2 saturated heterocycles. The molecule has 0 aromatic rings. The third kappa shape index (κ3) is 5.90. The normalized spacial score (nSPS) is 28.1. The van der Waals surface area contributed by atoms with Crippen LogP contribution in [0.25, 0.3) is 0 Å². The molecule has 6 atom stereocenters. The number of hydrogen-bond acceptors (Lipinski definition) is 6. The molecular weight excluding hydrogens is 489 g/mol. The van der Waals surface area contributed by atoms with Crippen molar-refractivity contribution in [2.24, 2.45) is 23.2 Å². The molecule has 0 radical (unpaired) electrons. The first kappa shape index (κ1) is 27.7. The second-order valence-electron chi connectivity index (χ2n) is 10.1. The summed E-state index contributed by atoms with van der Waals surface area (Å²) in [6.45, 7) is 4.65. The predicted molar refractivity (Wildman–Crippen MR) is 116 cm³/mol. The molecule has 0 aromatic heterocycles. The molecular formula is C22H31F3N4O7. The van der Waals surface area contributed by atoms with Crippen LogP contribution in [0.1, 0.15) is 40.0 Å². The number of alkyl halides is 3. The van der Waals surface area contributed by atoms with Crippen molar-refractivity contribution in [3.8, 4) is 0 Å². The lowest BCUT2D eigenvalue weighted by Crippen LogP contribution is -2.57. The molecule has 3 rings (SSSR count). The number of piperidine rings is 1. The molecule has 14 heteroatoms. The van der Waals surface area contributed by atoms with Crippen molar-refractivity contribution in [2.45, 2.75) is 64.5 Å². The van der Waals surface area contributed by atoms with Gasteiger partial charge < -0.3 is 26.0 Å². The highest BCUT2D eigenvalue weighted by Gasteiger charge is 2.69. The van der Waals surface area contributed by atoms with Gasteiger partial charge in [-0.3, -0.25) is 23.9 Å². The van der Waals surface area contributed by atoms with Gasteiger partial charge in [0.15, 0.2) is 5.78 Å². The fourth-order valence-electron chi connectivity index (χ4n) is 5.44. The third-order valence-corrected chi connectivity index (χ3v) is 7.53. The van der Waals surface area contributed by atoms with Gasteiger partial charge >= 0.3 is 12.5 Å². The number of hydrogen-bond donors (Lipinski definition) is 4. The van der Waals surface area contributed by atoms with E-state index in [1.807, 2.05) is 13.8 Å². The monoisotopic (exact) mass is 520 g/mol. The van der Waals surface area contributed by atoms with Gasteiger partial charge in [-0.2, -0.15) is 0 Å². The van der Waals surface area contributed by atoms with Gasteiger partial charge in [0, 0.05) is 19.0 Å². The van der Waals surface area contributed by atoms with Gasteiger partial charge in [0.25, 0.3) is 0 Å². The van der Waals surface area contributed by atoms with Crippen LogP contribution in [0.15, 0.2) is 0 Å². The van der Waals surface area contributed by atoms with Crippen molar-refractivity contribution in [3.05, 3.63) is 0 Å². The number of Topliss-reactive ketones (excluding diaryl/α,β-unsaturated/α-hetero) is 1. The Bertz CT molecular complexity index is 926. The first-order valence-corrected chi connectivity index (χ1v) is 11.8. The highest BCUT2D eigenvalue weighted by molar-refractivity contribution is 5.96. The molecule has 4 amide bonds. The molecule has 1 aliphatic carbocycles. The lowest BCUT2D eigenvalue weighted by atomic mass is 9.94. The molecule has 2 heterocycles. The van der Waals surface area contributed by atoms with Crippen molar-refractivity contribution in [1.82, 2.24) is 20.9 Å². The molecule has 0 aromatic carbocycles. The Hall–Kier alpha value is -2.90. The molecule has 4 N–H and O–H groups in total. The summed E-state index contributed by atoms with van der Waals surface area (Å²) in [6.07, 6.45) is -6.18. The van der Waals surface area contributed by atoms with E-state index in [2.05, 4.69) is 20.7 Å². The largest absolute Gasteiger partial charge is 0.522 e. The van der Waals surface area contributed by atoms with Gasteiger partial charge in [-0.15, -0.1) is 13.2 Å². The molecule has 11 nitrogen and oxygen atoms in total. The maximum Gasteiger partial charge on any atom is 0.522 e. The van der Waals surface area contributed by atoms with E-state index in [1.165, 1.54) is 4.90 Å². The summed E-state index contributed by atoms with van der Waals surface area (Å²) in [6, 6.07) is -3.57. The quantitative estimate of drug-likeness (QED) is 0.330. The Kier molecular flexibility index (Phi) is 7.86. The lowest BCUT2D eigenvalue weighted by molar-refractivity contribution is -0.321. The molecule has 1 saturated carbocycles. The van der Waals surface area contributed by atoms with Gasteiger partial charge in [-0.1, -0.05) is 20.8 Å². The van der Waals surface area contributed by atoms with Gasteiger partial charge in [-0.25, -0.2) is 4.79 Å². The van der Waals surface area contributed by atoms with Crippen LogP contribution in [-0.2, 0) is 23.9 Å². The topological polar surface area (TPSA) is 154 Å². The van der Waals surface area contributed by atoms with E-state index in [9.17, 15) is 37.1 Å². The lowest BCUT2D eigenvalue weighted by Gasteiger charge is -2.33. The molecule has 2 unspecified atom stereocenters. The third-order valence-electron chi connectivity index (χ3n) is 7.53. The number of rotatable bonds is 10. The number of fused-ring (bicyclic) bond motifs is 1. The highest BCUT2D eigenvalue weighted by Crippen LogP contribution is 2.64. The number of ether oxygens (including phenoxy) is 1. The zero-order chi connectivity index (χ0) is 27.0. The van der Waals surface area contributed by atoms with E-state index < -0.39 is 60.7 Å². The maximum atomic E-state index is 13.4. The van der Waals surface area contributed by atoms with Crippen LogP contribution in [0.2, 0.25) is 0 Å². The van der Waals surface area contributed by atoms with Gasteiger partial charge in [0.1, 0.15) is 18.7 Å². The number of halogens is 3. The predicted octanol–water partition coefficient (Wildman–Crippen LogP) is 0.632. The number of carbonyl (C=O) groups is 5. The summed E-state index contributed by atoms with van der Waals surface area (Å²) in [5.41, 5.74) is -0.301. The van der Waals surface area contributed by atoms with Crippen LogP contribution in [-0.4, -0.2) is 83.8 Å². The zero-order valence-corrected chi connectivity index (χ0v) is 20.2.